The topological polar surface area (TPSA) is 72.8 Å². The Labute approximate surface area is 145 Å². The van der Waals surface area contributed by atoms with E-state index in [9.17, 15) is 14.7 Å². The molecule has 1 saturated heterocycles. The van der Waals surface area contributed by atoms with Gasteiger partial charge in [-0.1, -0.05) is 48.5 Å². The number of benzene rings is 2. The van der Waals surface area contributed by atoms with E-state index in [1.165, 1.54) is 0 Å². The average Bonchev–Trinajstić information content (AvgIpc) is 2.97. The lowest BCUT2D eigenvalue weighted by molar-refractivity contribution is -0.154. The van der Waals surface area contributed by atoms with Gasteiger partial charge < -0.3 is 14.6 Å². The highest BCUT2D eigenvalue weighted by molar-refractivity contribution is 5.96. The maximum Gasteiger partial charge on any atom is 0.338 e. The number of carbonyl (C=O) groups is 2. The second-order valence-corrected chi connectivity index (χ2v) is 5.93. The number of hydrogen-bond acceptors (Lipinski definition) is 5. The smallest absolute Gasteiger partial charge is 0.338 e. The first-order valence-corrected chi connectivity index (χ1v) is 7.94. The zero-order chi connectivity index (χ0) is 17.7. The third kappa shape index (κ3) is 3.95. The predicted octanol–water partition coefficient (Wildman–Crippen LogP) is 2.61. The molecule has 1 atom stereocenters. The van der Waals surface area contributed by atoms with Gasteiger partial charge >= 0.3 is 11.9 Å². The van der Waals surface area contributed by atoms with E-state index in [1.807, 2.05) is 30.3 Å². The molecule has 0 spiro atoms. The lowest BCUT2D eigenvalue weighted by Crippen LogP contribution is -2.39. The molecule has 0 bridgehead atoms. The summed E-state index contributed by atoms with van der Waals surface area (Å²) >= 11 is 0. The van der Waals surface area contributed by atoms with Gasteiger partial charge in [0.15, 0.2) is 5.60 Å². The van der Waals surface area contributed by atoms with E-state index in [0.29, 0.717) is 11.1 Å². The Hall–Kier alpha value is -2.92. The lowest BCUT2D eigenvalue weighted by Gasteiger charge is -2.24. The van der Waals surface area contributed by atoms with Crippen LogP contribution in [0.2, 0.25) is 0 Å². The summed E-state index contributed by atoms with van der Waals surface area (Å²) in [4.78, 5) is 24.2. The molecule has 1 heterocycles. The molecule has 2 aromatic rings. The summed E-state index contributed by atoms with van der Waals surface area (Å²) in [6.07, 6.45) is 1.90. The molecule has 1 N–H and O–H groups in total. The van der Waals surface area contributed by atoms with Crippen molar-refractivity contribution in [2.24, 2.45) is 0 Å². The van der Waals surface area contributed by atoms with E-state index in [0.717, 1.165) is 5.56 Å². The molecular weight excluding hydrogens is 320 g/mol. The number of aliphatic hydroxyl groups is 1. The van der Waals surface area contributed by atoms with Gasteiger partial charge in [0.25, 0.3) is 0 Å². The van der Waals surface area contributed by atoms with Crippen molar-refractivity contribution >= 4 is 18.0 Å². The highest BCUT2D eigenvalue weighted by Crippen LogP contribution is 2.32. The molecule has 0 saturated carbocycles. The molecule has 1 unspecified atom stereocenters. The Morgan fingerprint density at radius 1 is 1.12 bits per heavy atom. The van der Waals surface area contributed by atoms with Crippen LogP contribution in [-0.4, -0.2) is 35.9 Å². The average molecular weight is 338 g/mol. The number of aliphatic hydroxyl groups excluding tert-OH is 1. The summed E-state index contributed by atoms with van der Waals surface area (Å²) in [6, 6.07) is 17.9. The van der Waals surface area contributed by atoms with Gasteiger partial charge in [0.05, 0.1) is 12.2 Å². The summed E-state index contributed by atoms with van der Waals surface area (Å²) in [7, 11) is 0. The number of ether oxygens (including phenoxy) is 2. The van der Waals surface area contributed by atoms with E-state index >= 15 is 0 Å². The molecule has 1 aliphatic rings. The molecule has 5 heteroatoms. The van der Waals surface area contributed by atoms with Crippen LogP contribution in [0.3, 0.4) is 0 Å². The number of carbonyl (C=O) groups excluding carboxylic acids is 2. The van der Waals surface area contributed by atoms with E-state index in [-0.39, 0.29) is 13.0 Å². The van der Waals surface area contributed by atoms with Crippen LogP contribution in [0.5, 0.6) is 0 Å². The van der Waals surface area contributed by atoms with Crippen LogP contribution in [0.1, 0.15) is 22.3 Å². The van der Waals surface area contributed by atoms with E-state index in [2.05, 4.69) is 0 Å². The van der Waals surface area contributed by atoms with Crippen LogP contribution in [0, 0.1) is 0 Å². The highest BCUT2D eigenvalue weighted by Gasteiger charge is 2.44. The molecular formula is C20H18O5. The van der Waals surface area contributed by atoms with Crippen molar-refractivity contribution in [2.45, 2.75) is 12.0 Å². The molecule has 0 aromatic heterocycles. The maximum atomic E-state index is 12.1. The lowest BCUT2D eigenvalue weighted by atomic mass is 9.98. The van der Waals surface area contributed by atoms with Gasteiger partial charge in [-0.15, -0.1) is 0 Å². The highest BCUT2D eigenvalue weighted by atomic mass is 16.6. The monoisotopic (exact) mass is 338 g/mol. The Kier molecular flexibility index (Phi) is 4.95. The van der Waals surface area contributed by atoms with Gasteiger partial charge in [0, 0.05) is 12.0 Å². The molecule has 0 amide bonds. The summed E-state index contributed by atoms with van der Waals surface area (Å²) in [5, 5.41) is 9.71. The van der Waals surface area contributed by atoms with E-state index < -0.39 is 24.1 Å². The number of hydrogen-bond donors (Lipinski definition) is 1. The Morgan fingerprint density at radius 2 is 1.76 bits per heavy atom. The SMILES string of the molecule is O=C1OC(CO)(COC(=O)c2ccccc2)C/C1=C/c1ccccc1. The molecule has 2 aromatic carbocycles. The first kappa shape index (κ1) is 16.9. The van der Waals surface area contributed by atoms with Crippen molar-refractivity contribution in [2.75, 3.05) is 13.2 Å². The minimum absolute atomic E-state index is 0.180. The first-order chi connectivity index (χ1) is 12.1. The predicted molar refractivity (Wildman–Crippen MR) is 91.7 cm³/mol. The van der Waals surface area contributed by atoms with Crippen molar-refractivity contribution in [3.8, 4) is 0 Å². The minimum atomic E-state index is -1.23. The minimum Gasteiger partial charge on any atom is -0.458 e. The van der Waals surface area contributed by atoms with Gasteiger partial charge in [-0.25, -0.2) is 9.59 Å². The number of cyclic esters (lactones) is 1. The zero-order valence-electron chi connectivity index (χ0n) is 13.6. The quantitative estimate of drug-likeness (QED) is 0.670. The fourth-order valence-corrected chi connectivity index (χ4v) is 2.65. The molecule has 1 aliphatic heterocycles. The molecule has 0 radical (unpaired) electrons. The van der Waals surface area contributed by atoms with Crippen LogP contribution in [0.15, 0.2) is 66.2 Å². The summed E-state index contributed by atoms with van der Waals surface area (Å²) in [6.45, 7) is -0.623. The fraction of sp³-hybridized carbons (Fsp3) is 0.200. The molecule has 1 fully saturated rings. The van der Waals surface area contributed by atoms with Gasteiger partial charge in [-0.3, -0.25) is 0 Å². The fourth-order valence-electron chi connectivity index (χ4n) is 2.65. The van der Waals surface area contributed by atoms with Crippen LogP contribution in [-0.2, 0) is 14.3 Å². The number of rotatable bonds is 5. The van der Waals surface area contributed by atoms with Crippen LogP contribution >= 0.6 is 0 Å². The Balaban J connectivity index is 1.70. The maximum absolute atomic E-state index is 12.1. The molecule has 3 rings (SSSR count). The van der Waals surface area contributed by atoms with Crippen molar-refractivity contribution in [3.63, 3.8) is 0 Å². The van der Waals surface area contributed by atoms with Gasteiger partial charge in [0.1, 0.15) is 6.61 Å². The second kappa shape index (κ2) is 7.32. The largest absolute Gasteiger partial charge is 0.458 e. The Morgan fingerprint density at radius 3 is 2.40 bits per heavy atom. The normalized spacial score (nSPS) is 21.2. The number of esters is 2. The third-order valence-corrected chi connectivity index (χ3v) is 3.99. The molecule has 25 heavy (non-hydrogen) atoms. The van der Waals surface area contributed by atoms with Crippen LogP contribution in [0.25, 0.3) is 6.08 Å². The second-order valence-electron chi connectivity index (χ2n) is 5.93. The molecule has 5 nitrogen and oxygen atoms in total. The molecule has 0 aliphatic carbocycles. The van der Waals surface area contributed by atoms with Crippen LogP contribution in [0.4, 0.5) is 0 Å². The van der Waals surface area contributed by atoms with Crippen molar-refractivity contribution < 1.29 is 24.2 Å². The van der Waals surface area contributed by atoms with E-state index in [4.69, 9.17) is 9.47 Å². The van der Waals surface area contributed by atoms with E-state index in [1.54, 1.807) is 36.4 Å². The van der Waals surface area contributed by atoms with Crippen LogP contribution < -0.4 is 0 Å². The van der Waals surface area contributed by atoms with Crippen molar-refractivity contribution in [3.05, 3.63) is 77.4 Å². The summed E-state index contributed by atoms with van der Waals surface area (Å²) in [5.74, 6) is -1.03. The third-order valence-electron chi connectivity index (χ3n) is 3.99. The first-order valence-electron chi connectivity index (χ1n) is 7.94. The summed E-state index contributed by atoms with van der Waals surface area (Å²) < 4.78 is 10.6. The zero-order valence-corrected chi connectivity index (χ0v) is 13.6. The summed E-state index contributed by atoms with van der Waals surface area (Å²) in [5.41, 5.74) is 0.475. The van der Waals surface area contributed by atoms with Crippen molar-refractivity contribution in [1.29, 1.82) is 0 Å². The van der Waals surface area contributed by atoms with Gasteiger partial charge in [0.2, 0.25) is 0 Å². The van der Waals surface area contributed by atoms with Gasteiger partial charge in [-0.05, 0) is 23.8 Å². The Bertz CT molecular complexity index is 782. The molecule has 128 valence electrons. The standard InChI is InChI=1S/C20H18O5/c21-13-20(14-24-18(22)16-9-5-2-6-10-16)12-17(19(23)25-20)11-15-7-3-1-4-8-15/h1-11,21H,12-14H2/b17-11-. The van der Waals surface area contributed by atoms with Gasteiger partial charge in [-0.2, -0.15) is 0 Å². The van der Waals surface area contributed by atoms with Crippen molar-refractivity contribution in [1.82, 2.24) is 0 Å².